The second-order valence-corrected chi connectivity index (χ2v) is 2.93. The summed E-state index contributed by atoms with van der Waals surface area (Å²) in [4.78, 5) is 0. The SMILES string of the molecule is O=S(=O)([O-])[O-].[CH2-]CCC.[CH2-]CCC.[Zr+4]. The summed E-state index contributed by atoms with van der Waals surface area (Å²) in [6.45, 7) is 11.4. The molecule has 0 rings (SSSR count). The summed E-state index contributed by atoms with van der Waals surface area (Å²) >= 11 is 0. The van der Waals surface area contributed by atoms with E-state index in [-0.39, 0.29) is 26.2 Å². The maximum absolute atomic E-state index is 8.52. The van der Waals surface area contributed by atoms with Gasteiger partial charge in [0, 0.05) is 10.4 Å². The van der Waals surface area contributed by atoms with E-state index in [1.54, 1.807) is 0 Å². The second-order valence-electron chi connectivity index (χ2n) is 2.12. The standard InChI is InChI=1S/2C4H9.H2O4S.Zr/c2*1-3-4-2;1-5(2,3)4;/h2*1,3-4H2,2H3;(H2,1,2,3,4);/q2*-1;;+4/p-2. The maximum atomic E-state index is 8.52. The Hall–Kier alpha value is 0.753. The molecule has 0 N–H and O–H groups in total. The van der Waals surface area contributed by atoms with Crippen LogP contribution in [0.25, 0.3) is 0 Å². The van der Waals surface area contributed by atoms with E-state index in [0.29, 0.717) is 0 Å². The number of hydrogen-bond donors (Lipinski definition) is 0. The van der Waals surface area contributed by atoms with Gasteiger partial charge in [-0.25, -0.2) is 0 Å². The molecule has 0 bridgehead atoms. The van der Waals surface area contributed by atoms with Gasteiger partial charge in [0.05, 0.1) is 0 Å². The second kappa shape index (κ2) is 19.3. The summed E-state index contributed by atoms with van der Waals surface area (Å²) < 4.78 is 34.1. The molecule has 0 fully saturated rings. The molecule has 0 aromatic rings. The van der Waals surface area contributed by atoms with Crippen LogP contribution in [0.5, 0.6) is 0 Å². The molecule has 0 saturated carbocycles. The molecule has 6 heteroatoms. The minimum atomic E-state index is -5.17. The fourth-order valence-corrected chi connectivity index (χ4v) is 0. The molecule has 4 nitrogen and oxygen atoms in total. The Morgan fingerprint density at radius 1 is 1.00 bits per heavy atom. The summed E-state index contributed by atoms with van der Waals surface area (Å²) in [6, 6.07) is 0. The first-order valence-corrected chi connectivity index (χ1v) is 5.41. The maximum Gasteiger partial charge on any atom is 4.00 e. The van der Waals surface area contributed by atoms with Crippen LogP contribution in [0.1, 0.15) is 39.5 Å². The zero-order valence-corrected chi connectivity index (χ0v) is 12.1. The molecule has 0 aromatic heterocycles. The Morgan fingerprint density at radius 2 is 1.07 bits per heavy atom. The average molecular weight is 302 g/mol. The van der Waals surface area contributed by atoms with E-state index in [9.17, 15) is 0 Å². The van der Waals surface area contributed by atoms with E-state index in [1.807, 2.05) is 0 Å². The Bertz CT molecular complexity index is 141. The normalized spacial score (nSPS) is 8.43. The van der Waals surface area contributed by atoms with Crippen molar-refractivity contribution >= 4 is 10.4 Å². The zero-order valence-electron chi connectivity index (χ0n) is 8.78. The van der Waals surface area contributed by atoms with Crippen molar-refractivity contribution in [3.05, 3.63) is 13.8 Å². The Morgan fingerprint density at radius 3 is 1.07 bits per heavy atom. The van der Waals surface area contributed by atoms with Crippen LogP contribution >= 0.6 is 0 Å². The van der Waals surface area contributed by atoms with Crippen molar-refractivity contribution in [1.82, 2.24) is 0 Å². The van der Waals surface area contributed by atoms with Gasteiger partial charge in [0.2, 0.25) is 0 Å². The predicted octanol–water partition coefficient (Wildman–Crippen LogP) is 1.90. The van der Waals surface area contributed by atoms with Crippen LogP contribution in [0.3, 0.4) is 0 Å². The summed E-state index contributed by atoms with van der Waals surface area (Å²) in [5.41, 5.74) is 0. The van der Waals surface area contributed by atoms with Gasteiger partial charge >= 0.3 is 26.2 Å². The topological polar surface area (TPSA) is 80.3 Å². The van der Waals surface area contributed by atoms with E-state index < -0.39 is 10.4 Å². The van der Waals surface area contributed by atoms with E-state index in [1.165, 1.54) is 12.8 Å². The number of unbranched alkanes of at least 4 members (excludes halogenated alkanes) is 2. The third kappa shape index (κ3) is 232. The molecule has 0 saturated heterocycles. The van der Waals surface area contributed by atoms with Crippen LogP contribution in [0.2, 0.25) is 0 Å². The van der Waals surface area contributed by atoms with Gasteiger partial charge in [0.25, 0.3) is 0 Å². The Balaban J connectivity index is -0.0000000522. The molecule has 0 aliphatic heterocycles. The van der Waals surface area contributed by atoms with E-state index >= 15 is 0 Å². The summed E-state index contributed by atoms with van der Waals surface area (Å²) in [5, 5.41) is 0. The first-order valence-electron chi connectivity index (χ1n) is 4.08. The smallest absolute Gasteiger partial charge is 0.759 e. The van der Waals surface area contributed by atoms with Crippen LogP contribution in [0.15, 0.2) is 0 Å². The zero-order chi connectivity index (χ0) is 11.3. The first-order chi connectivity index (χ1) is 5.83. The quantitative estimate of drug-likeness (QED) is 0.443. The first kappa shape index (κ1) is 24.1. The molecule has 14 heavy (non-hydrogen) atoms. The number of hydrogen-bond acceptors (Lipinski definition) is 4. The van der Waals surface area contributed by atoms with Crippen LogP contribution in [-0.4, -0.2) is 17.5 Å². The molecule has 0 spiro atoms. The van der Waals surface area contributed by atoms with E-state index in [4.69, 9.17) is 17.5 Å². The molecule has 0 heterocycles. The van der Waals surface area contributed by atoms with Gasteiger partial charge in [0.15, 0.2) is 0 Å². The minimum Gasteiger partial charge on any atom is -0.759 e. The number of rotatable bonds is 2. The summed E-state index contributed by atoms with van der Waals surface area (Å²) in [5.74, 6) is 0. The molecule has 0 radical (unpaired) electrons. The third-order valence-corrected chi connectivity index (χ3v) is 0.707. The molecular weight excluding hydrogens is 283 g/mol. The van der Waals surface area contributed by atoms with Crippen molar-refractivity contribution in [3.63, 3.8) is 0 Å². The van der Waals surface area contributed by atoms with E-state index in [0.717, 1.165) is 12.8 Å². The van der Waals surface area contributed by atoms with Gasteiger partial charge < -0.3 is 23.0 Å². The van der Waals surface area contributed by atoms with E-state index in [2.05, 4.69) is 27.7 Å². The molecule has 0 atom stereocenters. The van der Waals surface area contributed by atoms with Crippen molar-refractivity contribution < 1.29 is 43.7 Å². The molecule has 0 aliphatic carbocycles. The van der Waals surface area contributed by atoms with Crippen molar-refractivity contribution in [2.75, 3.05) is 0 Å². The fraction of sp³-hybridized carbons (Fsp3) is 0.750. The summed E-state index contributed by atoms with van der Waals surface area (Å²) in [7, 11) is -5.17. The minimum absolute atomic E-state index is 0. The van der Waals surface area contributed by atoms with Crippen molar-refractivity contribution in [1.29, 1.82) is 0 Å². The van der Waals surface area contributed by atoms with Crippen LogP contribution in [0, 0.1) is 13.8 Å². The molecule has 84 valence electrons. The van der Waals surface area contributed by atoms with Crippen molar-refractivity contribution in [2.45, 2.75) is 39.5 Å². The van der Waals surface area contributed by atoms with Gasteiger partial charge in [-0.2, -0.15) is 12.8 Å². The van der Waals surface area contributed by atoms with Crippen LogP contribution < -0.4 is 0 Å². The Labute approximate surface area is 107 Å². The van der Waals surface area contributed by atoms with Crippen molar-refractivity contribution in [3.8, 4) is 0 Å². The Kier molecular flexibility index (Phi) is 33.3. The van der Waals surface area contributed by atoms with Gasteiger partial charge in [-0.3, -0.25) is 8.42 Å². The predicted molar refractivity (Wildman–Crippen MR) is 51.0 cm³/mol. The summed E-state index contributed by atoms with van der Waals surface area (Å²) in [6.07, 6.45) is 4.56. The van der Waals surface area contributed by atoms with Crippen LogP contribution in [0.4, 0.5) is 0 Å². The van der Waals surface area contributed by atoms with Crippen LogP contribution in [-0.2, 0) is 36.6 Å². The largest absolute Gasteiger partial charge is 4.00 e. The van der Waals surface area contributed by atoms with Gasteiger partial charge in [-0.05, 0) is 0 Å². The van der Waals surface area contributed by atoms with Gasteiger partial charge in [0.1, 0.15) is 0 Å². The average Bonchev–Trinajstić information content (AvgIpc) is 2.01. The fourth-order valence-electron chi connectivity index (χ4n) is 0. The monoisotopic (exact) mass is 300 g/mol. The van der Waals surface area contributed by atoms with Gasteiger partial charge in [-0.15, -0.1) is 0 Å². The van der Waals surface area contributed by atoms with Gasteiger partial charge in [-0.1, -0.05) is 26.7 Å². The molecule has 0 unspecified atom stereocenters. The molecule has 0 aromatic carbocycles. The third-order valence-electron chi connectivity index (χ3n) is 0.707. The van der Waals surface area contributed by atoms with Crippen molar-refractivity contribution in [2.24, 2.45) is 0 Å². The molecule has 0 aliphatic rings. The molecular formula is C8H18O4SZr. The molecule has 0 amide bonds.